The lowest BCUT2D eigenvalue weighted by Crippen LogP contribution is -2.47. The predicted molar refractivity (Wildman–Crippen MR) is 87.8 cm³/mol. The molecule has 7 heteroatoms. The number of likely N-dealkylation sites (N-methyl/N-ethyl adjacent to an activating group) is 1. The first-order chi connectivity index (χ1) is 11.3. The Balaban J connectivity index is 1.94. The molecule has 0 bridgehead atoms. The van der Waals surface area contributed by atoms with Crippen LogP contribution in [0.1, 0.15) is 25.3 Å². The fourth-order valence-electron chi connectivity index (χ4n) is 2.94. The van der Waals surface area contributed by atoms with Crippen LogP contribution in [-0.4, -0.2) is 48.1 Å². The predicted octanol–water partition coefficient (Wildman–Crippen LogP) is 3.96. The van der Waals surface area contributed by atoms with Crippen molar-refractivity contribution in [3.05, 3.63) is 34.9 Å². The second-order valence-electron chi connectivity index (χ2n) is 6.15. The van der Waals surface area contributed by atoms with E-state index in [0.29, 0.717) is 31.1 Å². The van der Waals surface area contributed by atoms with Gasteiger partial charge in [-0.2, -0.15) is 13.2 Å². The number of benzene rings is 1. The second kappa shape index (κ2) is 8.21. The Labute approximate surface area is 145 Å². The van der Waals surface area contributed by atoms with Crippen molar-refractivity contribution in [3.63, 3.8) is 0 Å². The molecule has 0 radical (unpaired) electrons. The molecule has 1 aliphatic rings. The van der Waals surface area contributed by atoms with E-state index in [9.17, 15) is 18.0 Å². The number of halogens is 4. The monoisotopic (exact) mass is 362 g/mol. The Morgan fingerprint density at radius 3 is 2.79 bits per heavy atom. The van der Waals surface area contributed by atoms with Gasteiger partial charge in [0.25, 0.3) is 0 Å². The van der Waals surface area contributed by atoms with E-state index >= 15 is 0 Å². The molecular formula is C17H22ClF3N2O. The van der Waals surface area contributed by atoms with Crippen molar-refractivity contribution >= 4 is 17.5 Å². The number of hydrogen-bond acceptors (Lipinski definition) is 2. The van der Waals surface area contributed by atoms with Crippen LogP contribution >= 0.6 is 11.6 Å². The minimum Gasteiger partial charge on any atom is -0.341 e. The third kappa shape index (κ3) is 5.38. The molecule has 0 saturated carbocycles. The Morgan fingerprint density at radius 2 is 2.17 bits per heavy atom. The Bertz CT molecular complexity index is 565. The average Bonchev–Trinajstić information content (AvgIpc) is 2.53. The molecule has 2 rings (SSSR count). The number of carbonyl (C=O) groups is 1. The summed E-state index contributed by atoms with van der Waals surface area (Å²) in [6.45, 7) is 3.39. The summed E-state index contributed by atoms with van der Waals surface area (Å²) >= 11 is 5.96. The van der Waals surface area contributed by atoms with E-state index in [0.717, 1.165) is 5.56 Å². The van der Waals surface area contributed by atoms with E-state index in [4.69, 9.17) is 11.6 Å². The average molecular weight is 363 g/mol. The van der Waals surface area contributed by atoms with Gasteiger partial charge in [0.2, 0.25) is 5.91 Å². The zero-order valence-corrected chi connectivity index (χ0v) is 14.4. The molecule has 1 heterocycles. The highest BCUT2D eigenvalue weighted by molar-refractivity contribution is 6.30. The molecule has 0 N–H and O–H groups in total. The number of piperidine rings is 1. The lowest BCUT2D eigenvalue weighted by Gasteiger charge is -2.35. The summed E-state index contributed by atoms with van der Waals surface area (Å²) in [5.41, 5.74) is 0.976. The molecule has 0 aliphatic carbocycles. The molecule has 3 nitrogen and oxygen atoms in total. The smallest absolute Gasteiger partial charge is 0.341 e. The lowest BCUT2D eigenvalue weighted by molar-refractivity contribution is -0.188. The van der Waals surface area contributed by atoms with E-state index in [1.54, 1.807) is 6.07 Å². The summed E-state index contributed by atoms with van der Waals surface area (Å²) in [6, 6.07) is 7.36. The van der Waals surface area contributed by atoms with Crippen molar-refractivity contribution in [2.45, 2.75) is 32.5 Å². The molecule has 1 aromatic rings. The van der Waals surface area contributed by atoms with Crippen molar-refractivity contribution in [2.24, 2.45) is 5.92 Å². The van der Waals surface area contributed by atoms with E-state index in [1.807, 2.05) is 30.0 Å². The zero-order valence-electron chi connectivity index (χ0n) is 13.7. The number of amides is 1. The first-order valence-electron chi connectivity index (χ1n) is 8.11. The Morgan fingerprint density at radius 1 is 1.42 bits per heavy atom. The van der Waals surface area contributed by atoms with E-state index in [1.165, 1.54) is 4.90 Å². The molecule has 1 aliphatic heterocycles. The van der Waals surface area contributed by atoms with E-state index < -0.39 is 12.1 Å². The maximum absolute atomic E-state index is 12.9. The third-order valence-electron chi connectivity index (χ3n) is 4.34. The van der Waals surface area contributed by atoms with Crippen molar-refractivity contribution in [3.8, 4) is 0 Å². The fourth-order valence-corrected chi connectivity index (χ4v) is 3.15. The van der Waals surface area contributed by atoms with Gasteiger partial charge in [-0.25, -0.2) is 0 Å². The van der Waals surface area contributed by atoms with Gasteiger partial charge in [0.1, 0.15) is 0 Å². The van der Waals surface area contributed by atoms with Crippen molar-refractivity contribution in [2.75, 3.05) is 26.2 Å². The van der Waals surface area contributed by atoms with Crippen LogP contribution in [0.4, 0.5) is 13.2 Å². The van der Waals surface area contributed by atoms with Gasteiger partial charge in [-0.05, 0) is 37.1 Å². The second-order valence-corrected chi connectivity index (χ2v) is 6.59. The first kappa shape index (κ1) is 19.1. The summed E-state index contributed by atoms with van der Waals surface area (Å²) in [4.78, 5) is 15.6. The van der Waals surface area contributed by atoms with Gasteiger partial charge in [-0.1, -0.05) is 30.7 Å². The number of alkyl halides is 3. The van der Waals surface area contributed by atoms with Crippen LogP contribution in [-0.2, 0) is 11.3 Å². The molecule has 1 atom stereocenters. The van der Waals surface area contributed by atoms with Crippen LogP contribution in [0.5, 0.6) is 0 Å². The molecule has 1 fully saturated rings. The maximum atomic E-state index is 12.9. The van der Waals surface area contributed by atoms with E-state index in [-0.39, 0.29) is 25.4 Å². The summed E-state index contributed by atoms with van der Waals surface area (Å²) < 4.78 is 38.6. The van der Waals surface area contributed by atoms with Gasteiger partial charge < -0.3 is 4.90 Å². The molecular weight excluding hydrogens is 341 g/mol. The van der Waals surface area contributed by atoms with Crippen molar-refractivity contribution in [1.29, 1.82) is 0 Å². The highest BCUT2D eigenvalue weighted by atomic mass is 35.5. The molecule has 1 unspecified atom stereocenters. The van der Waals surface area contributed by atoms with Crippen LogP contribution in [0.3, 0.4) is 0 Å². The normalized spacial score (nSPS) is 18.9. The zero-order chi connectivity index (χ0) is 17.7. The topological polar surface area (TPSA) is 23.6 Å². The van der Waals surface area contributed by atoms with Crippen LogP contribution in [0.2, 0.25) is 5.02 Å². The SMILES string of the molecule is CCN(CC(=O)N1CCCC(C(F)(F)F)C1)Cc1cccc(Cl)c1. The quantitative estimate of drug-likeness (QED) is 0.791. The summed E-state index contributed by atoms with van der Waals surface area (Å²) in [7, 11) is 0. The molecule has 1 saturated heterocycles. The van der Waals surface area contributed by atoms with Gasteiger partial charge in [-0.15, -0.1) is 0 Å². The number of hydrogen-bond donors (Lipinski definition) is 0. The summed E-state index contributed by atoms with van der Waals surface area (Å²) in [5, 5.41) is 0.624. The van der Waals surface area contributed by atoms with Gasteiger partial charge in [0.05, 0.1) is 12.5 Å². The minimum absolute atomic E-state index is 0.104. The molecule has 0 aromatic heterocycles. The van der Waals surface area contributed by atoms with Gasteiger partial charge in [0.15, 0.2) is 0 Å². The maximum Gasteiger partial charge on any atom is 0.393 e. The standard InChI is InChI=1S/C17H22ClF3N2O/c1-2-22(10-13-5-3-7-15(18)9-13)12-16(24)23-8-4-6-14(11-23)17(19,20)21/h3,5,7,9,14H,2,4,6,8,10-12H2,1H3. The first-order valence-corrected chi connectivity index (χ1v) is 8.48. The molecule has 0 spiro atoms. The van der Waals surface area contributed by atoms with Crippen molar-refractivity contribution < 1.29 is 18.0 Å². The summed E-state index contributed by atoms with van der Waals surface area (Å²) in [6.07, 6.45) is -3.73. The molecule has 24 heavy (non-hydrogen) atoms. The highest BCUT2D eigenvalue weighted by Gasteiger charge is 2.42. The van der Waals surface area contributed by atoms with Crippen LogP contribution in [0.15, 0.2) is 24.3 Å². The highest BCUT2D eigenvalue weighted by Crippen LogP contribution is 2.33. The number of nitrogens with zero attached hydrogens (tertiary/aromatic N) is 2. The van der Waals surface area contributed by atoms with Gasteiger partial charge in [0, 0.05) is 24.7 Å². The molecule has 134 valence electrons. The third-order valence-corrected chi connectivity index (χ3v) is 4.57. The fraction of sp³-hybridized carbons (Fsp3) is 0.588. The Hall–Kier alpha value is -1.27. The van der Waals surface area contributed by atoms with Crippen LogP contribution in [0.25, 0.3) is 0 Å². The van der Waals surface area contributed by atoms with E-state index in [2.05, 4.69) is 0 Å². The molecule has 1 amide bonds. The van der Waals surface area contributed by atoms with Gasteiger partial charge in [-0.3, -0.25) is 9.69 Å². The molecule has 1 aromatic carbocycles. The van der Waals surface area contributed by atoms with Crippen LogP contribution in [0, 0.1) is 5.92 Å². The summed E-state index contributed by atoms with van der Waals surface area (Å²) in [5.74, 6) is -1.65. The van der Waals surface area contributed by atoms with Gasteiger partial charge >= 0.3 is 6.18 Å². The lowest BCUT2D eigenvalue weighted by atomic mass is 9.97. The number of rotatable bonds is 5. The largest absolute Gasteiger partial charge is 0.393 e. The number of carbonyl (C=O) groups excluding carboxylic acids is 1. The Kier molecular flexibility index (Phi) is 6.52. The van der Waals surface area contributed by atoms with Crippen LogP contribution < -0.4 is 0 Å². The number of likely N-dealkylation sites (tertiary alicyclic amines) is 1. The minimum atomic E-state index is -4.23. The van der Waals surface area contributed by atoms with Crippen molar-refractivity contribution in [1.82, 2.24) is 9.80 Å².